The molecule has 0 atom stereocenters. The van der Waals surface area contributed by atoms with Gasteiger partial charge in [-0.05, 0) is 27.7 Å². The molecule has 0 fully saturated rings. The van der Waals surface area contributed by atoms with E-state index in [-0.39, 0.29) is 44.5 Å². The summed E-state index contributed by atoms with van der Waals surface area (Å²) < 4.78 is 1.70. The van der Waals surface area contributed by atoms with Crippen LogP contribution in [0.25, 0.3) is 0 Å². The minimum Gasteiger partial charge on any atom is -0.396 e. The lowest BCUT2D eigenvalue weighted by molar-refractivity contribution is 0.0200. The highest BCUT2D eigenvalue weighted by Gasteiger charge is 2.44. The van der Waals surface area contributed by atoms with Gasteiger partial charge in [-0.25, -0.2) is 9.79 Å². The van der Waals surface area contributed by atoms with Gasteiger partial charge in [-0.1, -0.05) is 6.92 Å². The standard InChI is InChI=1S/C9H20N2O2P.C5H12O3/c1-8(2)11(9(3)4)14(12,13)7-5-6-10;1-5(2-6,3-7)4-8/h8-9,12-13H,5,7H2,1-4H3;6-8H,2-4H2,1H3/q+1;. The summed E-state index contributed by atoms with van der Waals surface area (Å²) in [5, 5.41) is 33.8. The van der Waals surface area contributed by atoms with Gasteiger partial charge in [-0.2, -0.15) is 5.26 Å². The van der Waals surface area contributed by atoms with Gasteiger partial charge in [0, 0.05) is 17.5 Å². The second-order valence-corrected chi connectivity index (χ2v) is 8.47. The Morgan fingerprint density at radius 3 is 1.55 bits per heavy atom. The average Bonchev–Trinajstić information content (AvgIpc) is 2.43. The van der Waals surface area contributed by atoms with Crippen LogP contribution < -0.4 is 0 Å². The second-order valence-electron chi connectivity index (χ2n) is 6.18. The predicted octanol–water partition coefficient (Wildman–Crippen LogP) is 0.736. The molecule has 7 nitrogen and oxygen atoms in total. The third-order valence-electron chi connectivity index (χ3n) is 3.10. The highest BCUT2D eigenvalue weighted by Crippen LogP contribution is 2.56. The number of rotatable bonds is 8. The highest BCUT2D eigenvalue weighted by atomic mass is 31.2. The molecule has 8 heteroatoms. The molecule has 0 aromatic carbocycles. The summed E-state index contributed by atoms with van der Waals surface area (Å²) in [6, 6.07) is 2.10. The van der Waals surface area contributed by atoms with Gasteiger partial charge in [-0.15, -0.1) is 4.67 Å². The minimum absolute atomic E-state index is 0.0806. The van der Waals surface area contributed by atoms with Gasteiger partial charge in [0.25, 0.3) is 0 Å². The Kier molecular flexibility index (Phi) is 12.2. The van der Waals surface area contributed by atoms with Crippen molar-refractivity contribution in [3.05, 3.63) is 0 Å². The molecule has 0 aliphatic rings. The fraction of sp³-hybridized carbons (Fsp3) is 0.929. The van der Waals surface area contributed by atoms with Crippen LogP contribution >= 0.6 is 7.87 Å². The molecule has 0 saturated carbocycles. The number of nitriles is 1. The molecule has 0 bridgehead atoms. The normalized spacial score (nSPS) is 12.4. The van der Waals surface area contributed by atoms with Crippen molar-refractivity contribution in [2.24, 2.45) is 5.41 Å². The van der Waals surface area contributed by atoms with E-state index in [1.165, 1.54) is 0 Å². The number of aliphatic hydroxyl groups excluding tert-OH is 3. The zero-order chi connectivity index (χ0) is 18.0. The second kappa shape index (κ2) is 11.3. The zero-order valence-corrected chi connectivity index (χ0v) is 15.2. The van der Waals surface area contributed by atoms with Crippen LogP contribution in [0.1, 0.15) is 41.0 Å². The van der Waals surface area contributed by atoms with Crippen LogP contribution in [0.15, 0.2) is 0 Å². The van der Waals surface area contributed by atoms with Crippen molar-refractivity contribution in [2.45, 2.75) is 53.1 Å². The van der Waals surface area contributed by atoms with Gasteiger partial charge in [-0.3, -0.25) is 0 Å². The van der Waals surface area contributed by atoms with Crippen molar-refractivity contribution >= 4 is 7.87 Å². The molecule has 0 aromatic rings. The van der Waals surface area contributed by atoms with E-state index in [9.17, 15) is 9.79 Å². The summed E-state index contributed by atoms with van der Waals surface area (Å²) >= 11 is 0. The van der Waals surface area contributed by atoms with Crippen LogP contribution in [0.2, 0.25) is 0 Å². The van der Waals surface area contributed by atoms with Crippen LogP contribution in [-0.4, -0.2) is 67.8 Å². The van der Waals surface area contributed by atoms with Gasteiger partial charge < -0.3 is 15.3 Å². The van der Waals surface area contributed by atoms with Crippen LogP contribution in [0.3, 0.4) is 0 Å². The predicted molar refractivity (Wildman–Crippen MR) is 87.9 cm³/mol. The Morgan fingerprint density at radius 1 is 1.00 bits per heavy atom. The number of hydrogen-bond acceptors (Lipinski definition) is 7. The minimum atomic E-state index is -3.07. The molecular formula is C14H32N2O5P+. The molecule has 0 radical (unpaired) electrons. The maximum Gasteiger partial charge on any atom is 0.343 e. The Morgan fingerprint density at radius 2 is 1.36 bits per heavy atom. The Bertz CT molecular complexity index is 311. The average molecular weight is 339 g/mol. The summed E-state index contributed by atoms with van der Waals surface area (Å²) in [4.78, 5) is 19.8. The maximum atomic E-state index is 9.89. The summed E-state index contributed by atoms with van der Waals surface area (Å²) in [7, 11) is -3.07. The first-order valence-corrected chi connectivity index (χ1v) is 9.16. The third kappa shape index (κ3) is 8.96. The van der Waals surface area contributed by atoms with Gasteiger partial charge >= 0.3 is 7.87 Å². The molecule has 22 heavy (non-hydrogen) atoms. The summed E-state index contributed by atoms with van der Waals surface area (Å²) in [5.74, 6) is 0. The van der Waals surface area contributed by atoms with E-state index >= 15 is 0 Å². The molecule has 0 spiro atoms. The van der Waals surface area contributed by atoms with E-state index in [4.69, 9.17) is 20.6 Å². The van der Waals surface area contributed by atoms with Crippen LogP contribution in [0.5, 0.6) is 0 Å². The SMILES string of the molecule is CC(C)N(C(C)C)[P+](O)(O)CCC#N.CC(CO)(CO)CO. The summed E-state index contributed by atoms with van der Waals surface area (Å²) in [5.41, 5.74) is -0.708. The molecule has 132 valence electrons. The number of aliphatic hydroxyl groups is 3. The van der Waals surface area contributed by atoms with Crippen molar-refractivity contribution in [2.75, 3.05) is 26.0 Å². The summed E-state index contributed by atoms with van der Waals surface area (Å²) in [6.45, 7) is 8.76. The molecule has 0 aliphatic carbocycles. The molecule has 0 saturated heterocycles. The lowest BCUT2D eigenvalue weighted by Gasteiger charge is -2.31. The molecule has 5 N–H and O–H groups in total. The van der Waals surface area contributed by atoms with E-state index < -0.39 is 13.3 Å². The Hall–Kier alpha value is -0.320. The topological polar surface area (TPSA) is 128 Å². The molecule has 0 heterocycles. The molecular weight excluding hydrogens is 307 g/mol. The molecule has 0 aromatic heterocycles. The number of nitrogens with zero attached hydrogens (tertiary/aromatic N) is 2. The fourth-order valence-corrected chi connectivity index (χ4v) is 3.91. The van der Waals surface area contributed by atoms with Gasteiger partial charge in [0.05, 0.1) is 32.3 Å². The highest BCUT2D eigenvalue weighted by molar-refractivity contribution is 7.62. The lowest BCUT2D eigenvalue weighted by atomic mass is 9.95. The quantitative estimate of drug-likeness (QED) is 0.412. The zero-order valence-electron chi connectivity index (χ0n) is 14.3. The first kappa shape index (κ1) is 23.9. The first-order valence-electron chi connectivity index (χ1n) is 7.33. The third-order valence-corrected chi connectivity index (χ3v) is 5.58. The van der Waals surface area contributed by atoms with E-state index in [1.807, 2.05) is 33.8 Å². The Balaban J connectivity index is 0. The molecule has 0 unspecified atom stereocenters. The van der Waals surface area contributed by atoms with Crippen LogP contribution in [0.4, 0.5) is 0 Å². The van der Waals surface area contributed by atoms with E-state index in [0.717, 1.165) is 0 Å². The van der Waals surface area contributed by atoms with E-state index in [2.05, 4.69) is 0 Å². The lowest BCUT2D eigenvalue weighted by Crippen LogP contribution is -2.37. The van der Waals surface area contributed by atoms with Gasteiger partial charge in [0.1, 0.15) is 6.16 Å². The summed E-state index contributed by atoms with van der Waals surface area (Å²) in [6.07, 6.45) is 0.358. The maximum absolute atomic E-state index is 9.89. The number of hydrogen-bond donors (Lipinski definition) is 5. The van der Waals surface area contributed by atoms with E-state index in [0.29, 0.717) is 0 Å². The largest absolute Gasteiger partial charge is 0.396 e. The Labute approximate surface area is 134 Å². The van der Waals surface area contributed by atoms with Crippen LogP contribution in [-0.2, 0) is 0 Å². The first-order chi connectivity index (χ1) is 10.0. The van der Waals surface area contributed by atoms with Gasteiger partial charge in [0.15, 0.2) is 0 Å². The van der Waals surface area contributed by atoms with Crippen molar-refractivity contribution in [3.8, 4) is 6.07 Å². The van der Waals surface area contributed by atoms with Crippen molar-refractivity contribution in [1.82, 2.24) is 4.67 Å². The van der Waals surface area contributed by atoms with E-state index in [1.54, 1.807) is 11.6 Å². The molecule has 0 aliphatic heterocycles. The fourth-order valence-electron chi connectivity index (χ4n) is 1.80. The molecule has 0 rings (SSSR count). The smallest absolute Gasteiger partial charge is 0.343 e. The van der Waals surface area contributed by atoms with Crippen molar-refractivity contribution in [3.63, 3.8) is 0 Å². The van der Waals surface area contributed by atoms with Gasteiger partial charge in [0.2, 0.25) is 0 Å². The van der Waals surface area contributed by atoms with Crippen molar-refractivity contribution in [1.29, 1.82) is 5.26 Å². The van der Waals surface area contributed by atoms with Crippen molar-refractivity contribution < 1.29 is 25.1 Å². The molecule has 0 amide bonds. The monoisotopic (exact) mass is 339 g/mol. The van der Waals surface area contributed by atoms with Crippen LogP contribution in [0, 0.1) is 16.7 Å².